The van der Waals surface area contributed by atoms with Gasteiger partial charge in [-0.3, -0.25) is 0 Å². The van der Waals surface area contributed by atoms with Gasteiger partial charge in [0.2, 0.25) is 0 Å². The zero-order valence-corrected chi connectivity index (χ0v) is 20.3. The summed E-state index contributed by atoms with van der Waals surface area (Å²) >= 11 is 0. The van der Waals surface area contributed by atoms with Crippen LogP contribution in [0.3, 0.4) is 0 Å². The van der Waals surface area contributed by atoms with Crippen LogP contribution in [-0.2, 0) is 16.0 Å². The van der Waals surface area contributed by atoms with Crippen molar-refractivity contribution in [3.63, 3.8) is 0 Å². The van der Waals surface area contributed by atoms with Gasteiger partial charge in [-0.05, 0) is 45.2 Å². The molecule has 0 radical (unpaired) electrons. The second kappa shape index (κ2) is 15.5. The number of benzene rings is 1. The Balaban J connectivity index is 0.00000420. The Morgan fingerprint density at radius 2 is 2.07 bits per heavy atom. The largest absolute Gasteiger partial charge is 0.491 e. The van der Waals surface area contributed by atoms with Crippen molar-refractivity contribution in [1.82, 2.24) is 10.6 Å². The van der Waals surface area contributed by atoms with E-state index in [4.69, 9.17) is 19.2 Å². The van der Waals surface area contributed by atoms with Gasteiger partial charge in [-0.2, -0.15) is 0 Å². The molecule has 7 heteroatoms. The molecule has 1 aromatic carbocycles. The van der Waals surface area contributed by atoms with Crippen LogP contribution in [0.1, 0.15) is 37.8 Å². The third-order valence-corrected chi connectivity index (χ3v) is 4.46. The number of hydrogen-bond acceptors (Lipinski definition) is 4. The molecule has 0 spiro atoms. The van der Waals surface area contributed by atoms with Gasteiger partial charge in [-0.1, -0.05) is 23.8 Å². The molecule has 0 bridgehead atoms. The van der Waals surface area contributed by atoms with E-state index >= 15 is 0 Å². The highest BCUT2D eigenvalue weighted by atomic mass is 127. The van der Waals surface area contributed by atoms with E-state index in [2.05, 4.69) is 48.8 Å². The first-order chi connectivity index (χ1) is 13.7. The monoisotopic (exact) mass is 517 g/mol. The van der Waals surface area contributed by atoms with Gasteiger partial charge in [0.05, 0.1) is 26.4 Å². The average molecular weight is 517 g/mol. The Morgan fingerprint density at radius 3 is 2.79 bits per heavy atom. The maximum atomic E-state index is 5.92. The Hall–Kier alpha value is -1.32. The highest BCUT2D eigenvalue weighted by Crippen LogP contribution is 2.21. The SMILES string of the molecule is CCNC(=NCc1ccc(C)cc1OCCOCC)NCCC1=CCOCC1.I. The van der Waals surface area contributed by atoms with Crippen LogP contribution in [0.5, 0.6) is 5.75 Å². The first kappa shape index (κ1) is 25.7. The molecule has 2 N–H and O–H groups in total. The Kier molecular flexibility index (Phi) is 13.8. The molecule has 0 fully saturated rings. The van der Waals surface area contributed by atoms with E-state index < -0.39 is 0 Å². The number of halogens is 1. The zero-order valence-electron chi connectivity index (χ0n) is 18.0. The fourth-order valence-electron chi connectivity index (χ4n) is 2.92. The predicted molar refractivity (Wildman–Crippen MR) is 130 cm³/mol. The summed E-state index contributed by atoms with van der Waals surface area (Å²) in [4.78, 5) is 4.74. The first-order valence-electron chi connectivity index (χ1n) is 10.3. The van der Waals surface area contributed by atoms with Crippen molar-refractivity contribution in [2.75, 3.05) is 46.1 Å². The molecule has 1 aliphatic rings. The Morgan fingerprint density at radius 1 is 1.21 bits per heavy atom. The van der Waals surface area contributed by atoms with Crippen molar-refractivity contribution >= 4 is 29.9 Å². The maximum absolute atomic E-state index is 5.92. The third kappa shape index (κ3) is 10.3. The van der Waals surface area contributed by atoms with E-state index in [-0.39, 0.29) is 24.0 Å². The Labute approximate surface area is 192 Å². The molecule has 0 atom stereocenters. The molecule has 0 unspecified atom stereocenters. The van der Waals surface area contributed by atoms with Crippen LogP contribution in [0.25, 0.3) is 0 Å². The molecule has 0 saturated carbocycles. The van der Waals surface area contributed by atoms with E-state index in [1.54, 1.807) is 0 Å². The van der Waals surface area contributed by atoms with Gasteiger partial charge in [0.15, 0.2) is 5.96 Å². The van der Waals surface area contributed by atoms with Gasteiger partial charge in [0.1, 0.15) is 12.4 Å². The summed E-state index contributed by atoms with van der Waals surface area (Å²) in [7, 11) is 0. The normalized spacial score (nSPS) is 14.0. The molecule has 164 valence electrons. The number of nitrogens with zero attached hydrogens (tertiary/aromatic N) is 1. The van der Waals surface area contributed by atoms with Gasteiger partial charge in [-0.15, -0.1) is 24.0 Å². The second-order valence-electron chi connectivity index (χ2n) is 6.72. The topological polar surface area (TPSA) is 64.1 Å². The molecule has 0 aliphatic carbocycles. The number of ether oxygens (including phenoxy) is 3. The van der Waals surface area contributed by atoms with Gasteiger partial charge >= 0.3 is 0 Å². The van der Waals surface area contributed by atoms with Crippen LogP contribution < -0.4 is 15.4 Å². The summed E-state index contributed by atoms with van der Waals surface area (Å²) in [5.41, 5.74) is 3.71. The molecule has 0 aromatic heterocycles. The van der Waals surface area contributed by atoms with Gasteiger partial charge in [-0.25, -0.2) is 4.99 Å². The number of nitrogens with one attached hydrogen (secondary N) is 2. The van der Waals surface area contributed by atoms with Crippen molar-refractivity contribution in [1.29, 1.82) is 0 Å². The molecule has 2 rings (SSSR count). The average Bonchev–Trinajstić information content (AvgIpc) is 2.71. The van der Waals surface area contributed by atoms with Crippen LogP contribution in [0, 0.1) is 6.92 Å². The number of aliphatic imine (C=N–C) groups is 1. The summed E-state index contributed by atoms with van der Waals surface area (Å²) in [6, 6.07) is 6.25. The highest BCUT2D eigenvalue weighted by Gasteiger charge is 2.07. The second-order valence-corrected chi connectivity index (χ2v) is 6.72. The van der Waals surface area contributed by atoms with Crippen molar-refractivity contribution in [3.05, 3.63) is 41.0 Å². The fourth-order valence-corrected chi connectivity index (χ4v) is 2.92. The van der Waals surface area contributed by atoms with Gasteiger partial charge in [0, 0.05) is 25.3 Å². The standard InChI is InChI=1S/C22H35N3O3.HI/c1-4-23-22(24-11-8-19-9-12-27-13-10-19)25-17-20-7-6-18(3)16-21(20)28-15-14-26-5-2;/h6-7,9,16H,4-5,8,10-15,17H2,1-3H3,(H2,23,24,25);1H. The summed E-state index contributed by atoms with van der Waals surface area (Å²) in [5, 5.41) is 6.74. The van der Waals surface area contributed by atoms with Gasteiger partial charge in [0.25, 0.3) is 0 Å². The quantitative estimate of drug-likeness (QED) is 0.154. The van der Waals surface area contributed by atoms with E-state index in [9.17, 15) is 0 Å². The van der Waals surface area contributed by atoms with E-state index in [1.165, 1.54) is 11.1 Å². The van der Waals surface area contributed by atoms with E-state index in [1.807, 2.05) is 6.92 Å². The minimum absolute atomic E-state index is 0. The minimum atomic E-state index is 0. The van der Waals surface area contributed by atoms with Crippen LogP contribution in [-0.4, -0.2) is 52.1 Å². The van der Waals surface area contributed by atoms with Crippen LogP contribution in [0.15, 0.2) is 34.8 Å². The molecule has 0 amide bonds. The number of guanidine groups is 1. The molecule has 1 aliphatic heterocycles. The highest BCUT2D eigenvalue weighted by molar-refractivity contribution is 14.0. The van der Waals surface area contributed by atoms with Crippen molar-refractivity contribution < 1.29 is 14.2 Å². The lowest BCUT2D eigenvalue weighted by Crippen LogP contribution is -2.38. The van der Waals surface area contributed by atoms with E-state index in [0.717, 1.165) is 56.4 Å². The van der Waals surface area contributed by atoms with Crippen molar-refractivity contribution in [3.8, 4) is 5.75 Å². The lowest BCUT2D eigenvalue weighted by atomic mass is 10.1. The third-order valence-electron chi connectivity index (χ3n) is 4.46. The molecule has 29 heavy (non-hydrogen) atoms. The van der Waals surface area contributed by atoms with Gasteiger partial charge < -0.3 is 24.8 Å². The molecule has 1 heterocycles. The number of aryl methyl sites for hydroxylation is 1. The summed E-state index contributed by atoms with van der Waals surface area (Å²) < 4.78 is 16.6. The lowest BCUT2D eigenvalue weighted by Gasteiger charge is -2.16. The summed E-state index contributed by atoms with van der Waals surface area (Å²) in [6.45, 7) is 11.8. The van der Waals surface area contributed by atoms with Crippen LogP contribution >= 0.6 is 24.0 Å². The molecule has 6 nitrogen and oxygen atoms in total. The fraction of sp³-hybridized carbons (Fsp3) is 0.591. The summed E-state index contributed by atoms with van der Waals surface area (Å²) in [6.07, 6.45) is 4.23. The Bertz CT molecular complexity index is 650. The first-order valence-corrected chi connectivity index (χ1v) is 10.3. The number of hydrogen-bond donors (Lipinski definition) is 2. The molecule has 0 saturated heterocycles. The van der Waals surface area contributed by atoms with E-state index in [0.29, 0.717) is 26.4 Å². The summed E-state index contributed by atoms with van der Waals surface area (Å²) in [5.74, 6) is 1.71. The molecular weight excluding hydrogens is 481 g/mol. The van der Waals surface area contributed by atoms with Crippen LogP contribution in [0.2, 0.25) is 0 Å². The smallest absolute Gasteiger partial charge is 0.191 e. The molecule has 1 aromatic rings. The maximum Gasteiger partial charge on any atom is 0.191 e. The van der Waals surface area contributed by atoms with Crippen molar-refractivity contribution in [2.24, 2.45) is 4.99 Å². The zero-order chi connectivity index (χ0) is 20.0. The van der Waals surface area contributed by atoms with Crippen LogP contribution in [0.4, 0.5) is 0 Å². The minimum Gasteiger partial charge on any atom is -0.491 e. The van der Waals surface area contributed by atoms with Crippen molar-refractivity contribution in [2.45, 2.75) is 40.2 Å². The lowest BCUT2D eigenvalue weighted by molar-refractivity contribution is 0.110. The number of rotatable bonds is 11. The molecular formula is C22H36IN3O3. The predicted octanol–water partition coefficient (Wildman–Crippen LogP) is 3.82.